The van der Waals surface area contributed by atoms with Crippen LogP contribution < -0.4 is 0 Å². The van der Waals surface area contributed by atoms with Gasteiger partial charge in [0.15, 0.2) is 5.78 Å². The van der Waals surface area contributed by atoms with Crippen molar-refractivity contribution in [3.8, 4) is 0 Å². The molecule has 2 nitrogen and oxygen atoms in total. The number of Topliss-reactive ketones (excluding diaryl/α,β-unsaturated/α-hetero) is 1. The highest BCUT2D eigenvalue weighted by atomic mass is 16.3. The lowest BCUT2D eigenvalue weighted by molar-refractivity contribution is -0.137. The summed E-state index contributed by atoms with van der Waals surface area (Å²) in [4.78, 5) is 11.3. The molecule has 0 aromatic rings. The van der Waals surface area contributed by atoms with Gasteiger partial charge in [-0.15, -0.1) is 0 Å². The molecule has 0 saturated carbocycles. The van der Waals surface area contributed by atoms with Crippen molar-refractivity contribution in [2.75, 3.05) is 0 Å². The van der Waals surface area contributed by atoms with Crippen LogP contribution >= 0.6 is 0 Å². The lowest BCUT2D eigenvalue weighted by atomic mass is 9.84. The Morgan fingerprint density at radius 2 is 2.00 bits per heavy atom. The zero-order chi connectivity index (χ0) is 10.5. The van der Waals surface area contributed by atoms with Crippen molar-refractivity contribution in [1.29, 1.82) is 0 Å². The second-order valence-electron chi connectivity index (χ2n) is 4.06. The van der Waals surface area contributed by atoms with Gasteiger partial charge in [0.1, 0.15) is 5.60 Å². The predicted molar refractivity (Wildman–Crippen MR) is 54.6 cm³/mol. The molecule has 0 rings (SSSR count). The molecule has 0 fully saturated rings. The van der Waals surface area contributed by atoms with Gasteiger partial charge in [-0.3, -0.25) is 4.79 Å². The minimum atomic E-state index is -1.07. The Balaban J connectivity index is 4.32. The van der Waals surface area contributed by atoms with Crippen LogP contribution in [0.25, 0.3) is 0 Å². The van der Waals surface area contributed by atoms with Crippen molar-refractivity contribution in [1.82, 2.24) is 0 Å². The van der Waals surface area contributed by atoms with E-state index in [1.165, 1.54) is 6.92 Å². The van der Waals surface area contributed by atoms with Crippen LogP contribution in [-0.4, -0.2) is 16.5 Å². The second kappa shape index (κ2) is 5.38. The highest BCUT2D eigenvalue weighted by Gasteiger charge is 2.32. The topological polar surface area (TPSA) is 37.3 Å². The number of carbonyl (C=O) groups is 1. The highest BCUT2D eigenvalue weighted by molar-refractivity contribution is 5.84. The Kier molecular flexibility index (Phi) is 5.23. The first-order valence-electron chi connectivity index (χ1n) is 5.19. The summed E-state index contributed by atoms with van der Waals surface area (Å²) in [6.45, 7) is 7.63. The van der Waals surface area contributed by atoms with Crippen LogP contribution in [0.5, 0.6) is 0 Å². The molecule has 0 aliphatic rings. The van der Waals surface area contributed by atoms with Gasteiger partial charge in [-0.2, -0.15) is 0 Å². The van der Waals surface area contributed by atoms with E-state index in [1.807, 2.05) is 6.92 Å². The van der Waals surface area contributed by atoms with E-state index in [1.54, 1.807) is 0 Å². The molecule has 0 aliphatic carbocycles. The van der Waals surface area contributed by atoms with Crippen molar-refractivity contribution in [3.63, 3.8) is 0 Å². The highest BCUT2D eigenvalue weighted by Crippen LogP contribution is 2.24. The van der Waals surface area contributed by atoms with Crippen LogP contribution in [0.4, 0.5) is 0 Å². The van der Waals surface area contributed by atoms with Crippen LogP contribution in [0.1, 0.15) is 53.4 Å². The second-order valence-corrected chi connectivity index (χ2v) is 4.06. The largest absolute Gasteiger partial charge is 0.382 e. The average Bonchev–Trinajstić information content (AvgIpc) is 2.04. The molecule has 0 aromatic carbocycles. The molecule has 1 N–H and O–H groups in total. The van der Waals surface area contributed by atoms with Gasteiger partial charge in [-0.1, -0.05) is 33.6 Å². The Morgan fingerprint density at radius 3 is 2.31 bits per heavy atom. The number of rotatable bonds is 6. The standard InChI is InChI=1S/C11H22O2/c1-5-7-11(13,10(4)12)8-9(3)6-2/h9,13H,5-8H2,1-4H3. The molecule has 0 heterocycles. The van der Waals surface area contributed by atoms with Crippen LogP contribution in [0, 0.1) is 5.92 Å². The summed E-state index contributed by atoms with van der Waals surface area (Å²) in [5.74, 6) is 0.329. The minimum Gasteiger partial charge on any atom is -0.382 e. The van der Waals surface area contributed by atoms with Crippen LogP contribution in [0.15, 0.2) is 0 Å². The lowest BCUT2D eigenvalue weighted by Gasteiger charge is -2.27. The molecule has 13 heavy (non-hydrogen) atoms. The first-order valence-corrected chi connectivity index (χ1v) is 5.19. The molecule has 78 valence electrons. The van der Waals surface area contributed by atoms with Gasteiger partial charge in [0, 0.05) is 0 Å². The smallest absolute Gasteiger partial charge is 0.161 e. The fourth-order valence-corrected chi connectivity index (χ4v) is 1.56. The van der Waals surface area contributed by atoms with Crippen LogP contribution in [0.2, 0.25) is 0 Å². The maximum absolute atomic E-state index is 11.3. The lowest BCUT2D eigenvalue weighted by Crippen LogP contribution is -2.38. The van der Waals surface area contributed by atoms with Crippen molar-refractivity contribution >= 4 is 5.78 Å². The van der Waals surface area contributed by atoms with Gasteiger partial charge in [0.2, 0.25) is 0 Å². The van der Waals surface area contributed by atoms with E-state index in [-0.39, 0.29) is 5.78 Å². The fraction of sp³-hybridized carbons (Fsp3) is 0.909. The molecule has 2 heteroatoms. The summed E-state index contributed by atoms with van der Waals surface area (Å²) in [5, 5.41) is 10.0. The average molecular weight is 186 g/mol. The van der Waals surface area contributed by atoms with E-state index in [0.29, 0.717) is 18.8 Å². The summed E-state index contributed by atoms with van der Waals surface area (Å²) in [6, 6.07) is 0. The Morgan fingerprint density at radius 1 is 1.46 bits per heavy atom. The molecule has 0 aliphatic heterocycles. The molecule has 0 aromatic heterocycles. The number of carbonyl (C=O) groups excluding carboxylic acids is 1. The van der Waals surface area contributed by atoms with E-state index >= 15 is 0 Å². The summed E-state index contributed by atoms with van der Waals surface area (Å²) in [7, 11) is 0. The summed E-state index contributed by atoms with van der Waals surface area (Å²) >= 11 is 0. The summed E-state index contributed by atoms with van der Waals surface area (Å²) in [5.41, 5.74) is -1.07. The van der Waals surface area contributed by atoms with Crippen molar-refractivity contribution in [2.45, 2.75) is 59.0 Å². The van der Waals surface area contributed by atoms with Crippen molar-refractivity contribution in [2.24, 2.45) is 5.92 Å². The molecule has 0 spiro atoms. The van der Waals surface area contributed by atoms with Gasteiger partial charge in [0.25, 0.3) is 0 Å². The number of hydrogen-bond donors (Lipinski definition) is 1. The normalized spacial score (nSPS) is 17.9. The summed E-state index contributed by atoms with van der Waals surface area (Å²) < 4.78 is 0. The molecule has 0 saturated heterocycles. The van der Waals surface area contributed by atoms with Gasteiger partial charge in [-0.25, -0.2) is 0 Å². The maximum Gasteiger partial charge on any atom is 0.161 e. The van der Waals surface area contributed by atoms with E-state index in [2.05, 4.69) is 13.8 Å². The molecular weight excluding hydrogens is 164 g/mol. The zero-order valence-corrected chi connectivity index (χ0v) is 9.26. The Bertz CT molecular complexity index is 165. The third-order valence-corrected chi connectivity index (χ3v) is 2.70. The van der Waals surface area contributed by atoms with E-state index in [4.69, 9.17) is 0 Å². The van der Waals surface area contributed by atoms with Gasteiger partial charge in [0.05, 0.1) is 0 Å². The van der Waals surface area contributed by atoms with Crippen LogP contribution in [0.3, 0.4) is 0 Å². The number of hydrogen-bond acceptors (Lipinski definition) is 2. The molecular formula is C11H22O2. The molecule has 2 atom stereocenters. The number of ketones is 1. The third kappa shape index (κ3) is 3.90. The van der Waals surface area contributed by atoms with E-state index in [0.717, 1.165) is 12.8 Å². The van der Waals surface area contributed by atoms with Gasteiger partial charge in [-0.05, 0) is 25.7 Å². The Hall–Kier alpha value is -0.370. The zero-order valence-electron chi connectivity index (χ0n) is 9.26. The SMILES string of the molecule is CCCC(O)(CC(C)CC)C(C)=O. The van der Waals surface area contributed by atoms with Crippen LogP contribution in [-0.2, 0) is 4.79 Å². The van der Waals surface area contributed by atoms with E-state index < -0.39 is 5.60 Å². The summed E-state index contributed by atoms with van der Waals surface area (Å²) in [6.07, 6.45) is 3.06. The predicted octanol–water partition coefficient (Wildman–Crippen LogP) is 2.54. The third-order valence-electron chi connectivity index (χ3n) is 2.70. The molecule has 0 amide bonds. The number of aliphatic hydroxyl groups is 1. The molecule has 0 bridgehead atoms. The van der Waals surface area contributed by atoms with Gasteiger partial charge >= 0.3 is 0 Å². The fourth-order valence-electron chi connectivity index (χ4n) is 1.56. The first-order chi connectivity index (χ1) is 5.96. The maximum atomic E-state index is 11.3. The Labute approximate surface area is 81.3 Å². The molecule has 2 unspecified atom stereocenters. The minimum absolute atomic E-state index is 0.0883. The van der Waals surface area contributed by atoms with E-state index in [9.17, 15) is 9.90 Å². The van der Waals surface area contributed by atoms with Gasteiger partial charge < -0.3 is 5.11 Å². The molecule has 0 radical (unpaired) electrons. The quantitative estimate of drug-likeness (QED) is 0.692. The monoisotopic (exact) mass is 186 g/mol. The van der Waals surface area contributed by atoms with Crippen molar-refractivity contribution < 1.29 is 9.90 Å². The van der Waals surface area contributed by atoms with Crippen molar-refractivity contribution in [3.05, 3.63) is 0 Å². The first kappa shape index (κ1) is 12.6.